The second-order valence-electron chi connectivity index (χ2n) is 6.08. The summed E-state index contributed by atoms with van der Waals surface area (Å²) in [7, 11) is 1.50. The van der Waals surface area contributed by atoms with Crippen LogP contribution in [0, 0.1) is 0 Å². The summed E-state index contributed by atoms with van der Waals surface area (Å²) in [4.78, 5) is 12.2. The zero-order chi connectivity index (χ0) is 22.6. The number of carbonyl (C=O) groups excluding carboxylic acids is 1. The first-order valence-electron chi connectivity index (χ1n) is 8.90. The van der Waals surface area contributed by atoms with Gasteiger partial charge in [0.05, 0.1) is 8.88 Å². The molecule has 5 nitrogen and oxygen atoms in total. The van der Waals surface area contributed by atoms with Gasteiger partial charge in [-0.2, -0.15) is 0 Å². The summed E-state index contributed by atoms with van der Waals surface area (Å²) in [5.41, 5.74) is 4.61. The van der Waals surface area contributed by atoms with E-state index >= 15 is 0 Å². The van der Waals surface area contributed by atoms with Crippen LogP contribution < -0.4 is 21.1 Å². The summed E-state index contributed by atoms with van der Waals surface area (Å²) in [5, 5.41) is 21.3. The molecule has 0 radical (unpaired) electrons. The smallest absolute Gasteiger partial charge is 0.347 e. The Hall–Kier alpha value is -1.31. The molecule has 1 heterocycles. The Morgan fingerprint density at radius 3 is 1.84 bits per heavy atom. The van der Waals surface area contributed by atoms with Crippen molar-refractivity contribution in [1.29, 1.82) is 0 Å². The highest BCUT2D eigenvalue weighted by atomic mass is 33.7. The molecule has 0 atom stereocenters. The predicted octanol–water partition coefficient (Wildman–Crippen LogP) is 4.94. The molecule has 3 aromatic carbocycles. The lowest BCUT2D eigenvalue weighted by Crippen LogP contribution is -2.11. The van der Waals surface area contributed by atoms with Crippen molar-refractivity contribution in [2.24, 2.45) is 5.73 Å². The number of rotatable bonds is 4. The number of para-hydroxylation sites is 1. The molecule has 31 heavy (non-hydrogen) atoms. The topological polar surface area (TPSA) is 92.8 Å². The van der Waals surface area contributed by atoms with Crippen molar-refractivity contribution in [3.05, 3.63) is 78.4 Å². The Morgan fingerprint density at radius 1 is 0.839 bits per heavy atom. The highest BCUT2D eigenvalue weighted by molar-refractivity contribution is 9.48. The van der Waals surface area contributed by atoms with Gasteiger partial charge in [-0.1, -0.05) is 57.7 Å². The van der Waals surface area contributed by atoms with Crippen molar-refractivity contribution in [3.63, 3.8) is 0 Å². The zero-order valence-corrected chi connectivity index (χ0v) is 21.3. The third-order valence-electron chi connectivity index (χ3n) is 4.08. The second-order valence-corrected chi connectivity index (χ2v) is 27.4. The van der Waals surface area contributed by atoms with Crippen LogP contribution in [0.5, 0.6) is 17.2 Å². The highest BCUT2D eigenvalue weighted by Crippen LogP contribution is 3.04. The van der Waals surface area contributed by atoms with E-state index in [1.165, 1.54) is 19.2 Å². The maximum atomic E-state index is 12.2. The quantitative estimate of drug-likeness (QED) is 0.248. The minimum Gasteiger partial charge on any atom is -0.508 e. The van der Waals surface area contributed by atoms with Gasteiger partial charge in [-0.15, -0.1) is 0 Å². The third-order valence-corrected chi connectivity index (χ3v) is 35.3. The maximum absolute atomic E-state index is 12.2. The number of phenols is 2. The summed E-state index contributed by atoms with van der Waals surface area (Å²) >= 11 is 15.2. The number of hydrogen-bond acceptors (Lipinski definition) is 9. The largest absolute Gasteiger partial charge is 0.508 e. The van der Waals surface area contributed by atoms with E-state index in [9.17, 15) is 15.0 Å². The van der Waals surface area contributed by atoms with Gasteiger partial charge in [-0.25, -0.2) is 4.79 Å². The van der Waals surface area contributed by atoms with E-state index in [0.29, 0.717) is 5.75 Å². The van der Waals surface area contributed by atoms with Gasteiger partial charge < -0.3 is 20.7 Å². The number of hydrogen-bond donors (Lipinski definition) is 3. The van der Waals surface area contributed by atoms with E-state index in [4.69, 9.17) is 28.4 Å². The van der Waals surface area contributed by atoms with Crippen molar-refractivity contribution < 1.29 is 19.7 Å². The number of nitrogens with two attached hydrogens (primary N) is 1. The van der Waals surface area contributed by atoms with E-state index in [2.05, 4.69) is 5.73 Å². The molecule has 0 spiro atoms. The molecule has 1 aliphatic heterocycles. The lowest BCUT2D eigenvalue weighted by molar-refractivity contribution is 0.0731. The van der Waals surface area contributed by atoms with Gasteiger partial charge in [-0.05, 0) is 67.7 Å². The normalized spacial score (nSPS) is 21.9. The molecule has 0 aliphatic carbocycles. The van der Waals surface area contributed by atoms with Crippen LogP contribution in [0.2, 0.25) is 0 Å². The fourth-order valence-corrected chi connectivity index (χ4v) is 44.9. The van der Waals surface area contributed by atoms with Gasteiger partial charge in [0.15, 0.2) is 0 Å². The molecule has 162 valence electrons. The minimum absolute atomic E-state index is 0.114. The van der Waals surface area contributed by atoms with Crippen molar-refractivity contribution in [3.8, 4) is 17.2 Å². The standard InChI is InChI=1S/C19H14O4P2S4.CH5N/c20-13-5-9-15(10-6-13)24(26)28-25(27,29-24)16-11-7-14(8-12-16)23-19(22)17-3-1-2-4-18(17)21;1-2/h1-12,20-21H;2H2,1H3. The molecule has 0 aromatic heterocycles. The lowest BCUT2D eigenvalue weighted by atomic mass is 10.2. The van der Waals surface area contributed by atoms with Crippen molar-refractivity contribution in [2.75, 3.05) is 7.05 Å². The number of aromatic hydroxyl groups is 2. The van der Waals surface area contributed by atoms with Crippen LogP contribution in [0.15, 0.2) is 72.8 Å². The van der Waals surface area contributed by atoms with Gasteiger partial charge in [0, 0.05) is 10.6 Å². The first-order chi connectivity index (χ1) is 14.8. The first kappa shape index (κ1) is 24.3. The highest BCUT2D eigenvalue weighted by Gasteiger charge is 2.45. The average Bonchev–Trinajstić information content (AvgIpc) is 2.75. The number of carbonyl (C=O) groups is 1. The van der Waals surface area contributed by atoms with E-state index in [1.807, 2.05) is 24.3 Å². The van der Waals surface area contributed by atoms with Crippen LogP contribution >= 0.6 is 30.9 Å². The average molecular weight is 528 g/mol. The first-order valence-corrected chi connectivity index (χ1v) is 18.6. The van der Waals surface area contributed by atoms with Crippen molar-refractivity contribution in [2.45, 2.75) is 0 Å². The van der Waals surface area contributed by atoms with Gasteiger partial charge in [-0.3, -0.25) is 0 Å². The Labute approximate surface area is 198 Å². The lowest BCUT2D eigenvalue weighted by Gasteiger charge is -2.40. The van der Waals surface area contributed by atoms with Crippen molar-refractivity contribution >= 4 is 71.1 Å². The summed E-state index contributed by atoms with van der Waals surface area (Å²) in [6, 6.07) is 20.5. The van der Waals surface area contributed by atoms with Crippen LogP contribution in [0.1, 0.15) is 10.4 Å². The summed E-state index contributed by atoms with van der Waals surface area (Å²) in [5.74, 6) is -0.128. The maximum Gasteiger partial charge on any atom is 0.347 e. The molecular weight excluding hydrogens is 508 g/mol. The Kier molecular flexibility index (Phi) is 7.92. The molecule has 4 rings (SSSR count). The van der Waals surface area contributed by atoms with Crippen LogP contribution in [-0.4, -0.2) is 23.2 Å². The molecule has 1 saturated heterocycles. The van der Waals surface area contributed by atoms with Crippen molar-refractivity contribution in [1.82, 2.24) is 0 Å². The van der Waals surface area contributed by atoms with Gasteiger partial charge in [0.1, 0.15) is 22.8 Å². The van der Waals surface area contributed by atoms with Crippen LogP contribution in [0.4, 0.5) is 0 Å². The number of phenolic OH excluding ortho intramolecular Hbond substituents is 2. The van der Waals surface area contributed by atoms with E-state index in [-0.39, 0.29) is 17.1 Å². The van der Waals surface area contributed by atoms with Gasteiger partial charge in [0.2, 0.25) is 0 Å². The Bertz CT molecular complexity index is 1170. The van der Waals surface area contributed by atoms with Gasteiger partial charge in [0.25, 0.3) is 0 Å². The SMILES string of the molecule is CN.O=C(Oc1ccc(P2(=S)SP(=S)(c3ccc(O)cc3)S2)cc1)c1ccccc1O. The monoisotopic (exact) mass is 527 g/mol. The molecule has 0 unspecified atom stereocenters. The van der Waals surface area contributed by atoms with E-state index in [0.717, 1.165) is 10.6 Å². The summed E-state index contributed by atoms with van der Waals surface area (Å²) in [6.07, 6.45) is 0. The molecule has 3 aromatic rings. The fraction of sp³-hybridized carbons (Fsp3) is 0.0500. The van der Waals surface area contributed by atoms with Gasteiger partial charge >= 0.3 is 5.97 Å². The molecule has 1 fully saturated rings. The van der Waals surface area contributed by atoms with Crippen LogP contribution in [0.3, 0.4) is 0 Å². The minimum atomic E-state index is -1.90. The molecule has 4 N–H and O–H groups in total. The van der Waals surface area contributed by atoms with Crippen LogP contribution in [0.25, 0.3) is 0 Å². The number of esters is 1. The molecule has 1 aliphatic rings. The van der Waals surface area contributed by atoms with Crippen LogP contribution in [-0.2, 0) is 23.6 Å². The molecule has 0 bridgehead atoms. The summed E-state index contributed by atoms with van der Waals surface area (Å²) in [6.45, 7) is 0. The second kappa shape index (κ2) is 10.1. The third kappa shape index (κ3) is 5.37. The molecule has 11 heteroatoms. The zero-order valence-electron chi connectivity index (χ0n) is 16.2. The molecule has 0 saturated carbocycles. The predicted molar refractivity (Wildman–Crippen MR) is 141 cm³/mol. The van der Waals surface area contributed by atoms with E-state index in [1.54, 1.807) is 58.4 Å². The molecule has 0 amide bonds. The Morgan fingerprint density at radius 2 is 1.32 bits per heavy atom. The molecular formula is C20H19NO4P2S4. The Balaban J connectivity index is 0.00000132. The number of ether oxygens (including phenoxy) is 1. The summed E-state index contributed by atoms with van der Waals surface area (Å²) < 4.78 is 1.61. The fourth-order valence-electron chi connectivity index (χ4n) is 2.62. The number of benzene rings is 3. The van der Waals surface area contributed by atoms with E-state index < -0.39 is 14.9 Å².